The summed E-state index contributed by atoms with van der Waals surface area (Å²) in [6.45, 7) is 0. The van der Waals surface area contributed by atoms with Crippen LogP contribution in [0.5, 0.6) is 0 Å². The molecule has 1 aromatic carbocycles. The van der Waals surface area contributed by atoms with Crippen LogP contribution in [0.3, 0.4) is 0 Å². The van der Waals surface area contributed by atoms with Gasteiger partial charge in [-0.2, -0.15) is 0 Å². The Labute approximate surface area is 103 Å². The third-order valence-corrected chi connectivity index (χ3v) is 4.23. The Bertz CT molecular complexity index is 571. The lowest BCUT2D eigenvalue weighted by Gasteiger charge is -2.06. The van der Waals surface area contributed by atoms with Crippen molar-refractivity contribution < 1.29 is 4.79 Å². The van der Waals surface area contributed by atoms with Crippen molar-refractivity contribution in [3.63, 3.8) is 0 Å². The maximum absolute atomic E-state index is 11.9. The van der Waals surface area contributed by atoms with Crippen LogP contribution in [0.4, 0.5) is 0 Å². The minimum atomic E-state index is 0.225. The summed E-state index contributed by atoms with van der Waals surface area (Å²) in [4.78, 5) is 13.0. The summed E-state index contributed by atoms with van der Waals surface area (Å²) < 4.78 is 0. The predicted molar refractivity (Wildman–Crippen MR) is 67.4 cm³/mol. The zero-order valence-electron chi connectivity index (χ0n) is 8.50. The Morgan fingerprint density at radius 2 is 2.00 bits per heavy atom. The summed E-state index contributed by atoms with van der Waals surface area (Å²) in [7, 11) is 0. The molecule has 0 amide bonds. The van der Waals surface area contributed by atoms with Crippen molar-refractivity contribution in [3.8, 4) is 10.4 Å². The second kappa shape index (κ2) is 3.72. The molecule has 0 bridgehead atoms. The van der Waals surface area contributed by atoms with Crippen LogP contribution in [0.15, 0.2) is 29.6 Å². The minimum Gasteiger partial charge on any atom is -0.294 e. The fraction of sp³-hybridized carbons (Fsp3) is 0.154. The van der Waals surface area contributed by atoms with Crippen LogP contribution >= 0.6 is 22.9 Å². The normalized spacial score (nSPS) is 14.2. The van der Waals surface area contributed by atoms with Gasteiger partial charge in [-0.3, -0.25) is 4.79 Å². The number of carbonyl (C=O) groups excluding carboxylic acids is 1. The summed E-state index contributed by atoms with van der Waals surface area (Å²) in [5.74, 6) is 0.225. The van der Waals surface area contributed by atoms with Crippen molar-refractivity contribution in [1.82, 2.24) is 0 Å². The molecule has 0 radical (unpaired) electrons. The monoisotopic (exact) mass is 248 g/mol. The number of fused-ring (bicyclic) bond motifs is 3. The number of thiophene rings is 1. The third kappa shape index (κ3) is 1.41. The quantitative estimate of drug-likeness (QED) is 0.683. The number of Topliss-reactive ketones (excluding diaryl/α,β-unsaturated/α-hetero) is 1. The molecule has 1 heterocycles. The first-order valence-electron chi connectivity index (χ1n) is 5.16. The van der Waals surface area contributed by atoms with E-state index in [1.165, 1.54) is 0 Å². The first-order chi connectivity index (χ1) is 7.77. The van der Waals surface area contributed by atoms with E-state index >= 15 is 0 Å². The smallest absolute Gasteiger partial charge is 0.164 e. The molecule has 0 aliphatic heterocycles. The lowest BCUT2D eigenvalue weighted by Crippen LogP contribution is -1.96. The van der Waals surface area contributed by atoms with E-state index in [0.29, 0.717) is 6.42 Å². The molecule has 3 rings (SSSR count). The molecular weight excluding hydrogens is 240 g/mol. The molecule has 1 nitrogen and oxygen atoms in total. The van der Waals surface area contributed by atoms with Crippen LogP contribution in [-0.4, -0.2) is 5.78 Å². The van der Waals surface area contributed by atoms with Gasteiger partial charge in [0.1, 0.15) is 0 Å². The number of hydrogen-bond donors (Lipinski definition) is 0. The van der Waals surface area contributed by atoms with E-state index in [9.17, 15) is 4.79 Å². The van der Waals surface area contributed by atoms with Gasteiger partial charge >= 0.3 is 0 Å². The van der Waals surface area contributed by atoms with Gasteiger partial charge in [0.05, 0.1) is 0 Å². The molecule has 0 saturated heterocycles. The molecule has 0 saturated carbocycles. The van der Waals surface area contributed by atoms with Crippen LogP contribution in [0.2, 0.25) is 5.02 Å². The van der Waals surface area contributed by atoms with Crippen molar-refractivity contribution in [2.24, 2.45) is 0 Å². The van der Waals surface area contributed by atoms with Gasteiger partial charge in [0.2, 0.25) is 0 Å². The Morgan fingerprint density at radius 1 is 1.12 bits per heavy atom. The van der Waals surface area contributed by atoms with Gasteiger partial charge in [0.25, 0.3) is 0 Å². The molecule has 0 unspecified atom stereocenters. The number of ketones is 1. The van der Waals surface area contributed by atoms with Crippen LogP contribution in [0.25, 0.3) is 10.4 Å². The van der Waals surface area contributed by atoms with Crippen LogP contribution < -0.4 is 0 Å². The second-order valence-electron chi connectivity index (χ2n) is 3.85. The number of rotatable bonds is 0. The van der Waals surface area contributed by atoms with E-state index in [-0.39, 0.29) is 5.78 Å². The summed E-state index contributed by atoms with van der Waals surface area (Å²) in [5, 5.41) is 2.74. The average Bonchev–Trinajstić information content (AvgIpc) is 2.71. The number of halogens is 1. The molecular formula is C13H9ClOS. The third-order valence-electron chi connectivity index (χ3n) is 2.93. The highest BCUT2D eigenvalue weighted by Crippen LogP contribution is 2.38. The Hall–Kier alpha value is -1.12. The first kappa shape index (κ1) is 10.1. The standard InChI is InChI=1S/C13H9ClOS/c14-11-3-1-2-9-8(11)4-5-12(15)10-6-7-16-13(9)10/h1-3,6-7H,4-5H2. The fourth-order valence-corrected chi connectivity index (χ4v) is 3.37. The van der Waals surface area contributed by atoms with E-state index in [1.807, 2.05) is 23.6 Å². The molecule has 2 aromatic rings. The van der Waals surface area contributed by atoms with E-state index in [0.717, 1.165) is 33.0 Å². The van der Waals surface area contributed by atoms with Crippen molar-refractivity contribution >= 4 is 28.7 Å². The van der Waals surface area contributed by atoms with E-state index in [4.69, 9.17) is 11.6 Å². The van der Waals surface area contributed by atoms with Gasteiger partial charge in [0, 0.05) is 21.9 Å². The predicted octanol–water partition coefficient (Wildman–Crippen LogP) is 4.20. The molecule has 0 N–H and O–H groups in total. The van der Waals surface area contributed by atoms with E-state index < -0.39 is 0 Å². The molecule has 16 heavy (non-hydrogen) atoms. The van der Waals surface area contributed by atoms with Crippen molar-refractivity contribution in [3.05, 3.63) is 45.8 Å². The van der Waals surface area contributed by atoms with Gasteiger partial charge in [-0.25, -0.2) is 0 Å². The average molecular weight is 249 g/mol. The highest BCUT2D eigenvalue weighted by molar-refractivity contribution is 7.14. The first-order valence-corrected chi connectivity index (χ1v) is 6.41. The number of benzene rings is 1. The molecule has 80 valence electrons. The Morgan fingerprint density at radius 3 is 2.88 bits per heavy atom. The molecule has 0 spiro atoms. The second-order valence-corrected chi connectivity index (χ2v) is 5.18. The summed E-state index contributed by atoms with van der Waals surface area (Å²) in [5.41, 5.74) is 3.09. The SMILES string of the molecule is O=C1CCc2c(Cl)cccc2-c2sccc21. The van der Waals surface area contributed by atoms with Crippen molar-refractivity contribution in [2.45, 2.75) is 12.8 Å². The largest absolute Gasteiger partial charge is 0.294 e. The minimum absolute atomic E-state index is 0.225. The lowest BCUT2D eigenvalue weighted by atomic mass is 10.0. The van der Waals surface area contributed by atoms with Crippen molar-refractivity contribution in [1.29, 1.82) is 0 Å². The highest BCUT2D eigenvalue weighted by Gasteiger charge is 2.22. The van der Waals surface area contributed by atoms with Gasteiger partial charge in [0.15, 0.2) is 5.78 Å². The topological polar surface area (TPSA) is 17.1 Å². The zero-order valence-corrected chi connectivity index (χ0v) is 10.1. The van der Waals surface area contributed by atoms with Gasteiger partial charge in [-0.15, -0.1) is 11.3 Å². The fourth-order valence-electron chi connectivity index (χ4n) is 2.14. The van der Waals surface area contributed by atoms with Gasteiger partial charge < -0.3 is 0 Å². The Kier molecular flexibility index (Phi) is 2.34. The molecule has 3 heteroatoms. The Balaban J connectivity index is 2.33. The molecule has 1 aliphatic rings. The van der Waals surface area contributed by atoms with Crippen LogP contribution in [-0.2, 0) is 6.42 Å². The van der Waals surface area contributed by atoms with E-state index in [1.54, 1.807) is 11.3 Å². The van der Waals surface area contributed by atoms with Crippen LogP contribution in [0.1, 0.15) is 22.3 Å². The zero-order chi connectivity index (χ0) is 11.1. The maximum atomic E-state index is 11.9. The molecule has 1 aliphatic carbocycles. The number of hydrogen-bond acceptors (Lipinski definition) is 2. The summed E-state index contributed by atoms with van der Waals surface area (Å²) in [6, 6.07) is 7.80. The highest BCUT2D eigenvalue weighted by atomic mass is 35.5. The summed E-state index contributed by atoms with van der Waals surface area (Å²) in [6.07, 6.45) is 1.30. The molecule has 0 fully saturated rings. The maximum Gasteiger partial charge on any atom is 0.164 e. The molecule has 0 atom stereocenters. The van der Waals surface area contributed by atoms with Crippen LogP contribution in [0, 0.1) is 0 Å². The van der Waals surface area contributed by atoms with Crippen molar-refractivity contribution in [2.75, 3.05) is 0 Å². The summed E-state index contributed by atoms with van der Waals surface area (Å²) >= 11 is 7.80. The lowest BCUT2D eigenvalue weighted by molar-refractivity contribution is 0.0985. The molecule has 1 aromatic heterocycles. The van der Waals surface area contributed by atoms with Gasteiger partial charge in [-0.05, 0) is 35.1 Å². The van der Waals surface area contributed by atoms with E-state index in [2.05, 4.69) is 6.07 Å². The number of carbonyl (C=O) groups is 1. The van der Waals surface area contributed by atoms with Gasteiger partial charge in [-0.1, -0.05) is 23.7 Å².